The molecule has 1 saturated heterocycles. The fraction of sp³-hybridized carbons (Fsp3) is 0.381. The minimum Gasteiger partial charge on any atom is -0.369 e. The molecule has 8 heteroatoms. The number of nitrogens with zero attached hydrogens (tertiary/aromatic N) is 3. The largest absolute Gasteiger partial charge is 0.369 e. The molecule has 3 aromatic rings. The summed E-state index contributed by atoms with van der Waals surface area (Å²) >= 11 is 1.44. The molecule has 0 aliphatic carbocycles. The SMILES string of the molecule is Cc1nn(C)c2sc(C(=O)Nc3ccccc3CN3CCCC(C(N)=O)C3)cc12. The Morgan fingerprint density at radius 1 is 1.34 bits per heavy atom. The second kappa shape index (κ2) is 7.96. The van der Waals surface area contributed by atoms with Crippen molar-refractivity contribution in [3.8, 4) is 0 Å². The van der Waals surface area contributed by atoms with E-state index in [1.54, 1.807) is 0 Å². The first kappa shape index (κ1) is 19.6. The Kier molecular flexibility index (Phi) is 5.38. The summed E-state index contributed by atoms with van der Waals surface area (Å²) in [5.41, 5.74) is 8.25. The number of nitrogens with one attached hydrogen (secondary N) is 1. The molecular weight excluding hydrogens is 386 g/mol. The van der Waals surface area contributed by atoms with Crippen LogP contribution in [0.25, 0.3) is 10.2 Å². The Hall–Kier alpha value is -2.71. The molecule has 0 saturated carbocycles. The van der Waals surface area contributed by atoms with Crippen LogP contribution >= 0.6 is 11.3 Å². The van der Waals surface area contributed by atoms with Crippen LogP contribution in [0.4, 0.5) is 5.69 Å². The molecule has 29 heavy (non-hydrogen) atoms. The van der Waals surface area contributed by atoms with Gasteiger partial charge < -0.3 is 11.1 Å². The van der Waals surface area contributed by atoms with Gasteiger partial charge in [0.25, 0.3) is 5.91 Å². The van der Waals surface area contributed by atoms with Crippen molar-refractivity contribution in [2.75, 3.05) is 18.4 Å². The molecule has 2 aromatic heterocycles. The van der Waals surface area contributed by atoms with Crippen molar-refractivity contribution in [2.45, 2.75) is 26.3 Å². The number of likely N-dealkylation sites (tertiary alicyclic amines) is 1. The normalized spacial score (nSPS) is 17.5. The zero-order chi connectivity index (χ0) is 20.5. The lowest BCUT2D eigenvalue weighted by Crippen LogP contribution is -2.40. The first-order valence-corrected chi connectivity index (χ1v) is 10.6. The summed E-state index contributed by atoms with van der Waals surface area (Å²) in [4.78, 5) is 28.3. The van der Waals surface area contributed by atoms with Gasteiger partial charge in [0.1, 0.15) is 4.83 Å². The van der Waals surface area contributed by atoms with E-state index in [2.05, 4.69) is 15.3 Å². The van der Waals surface area contributed by atoms with Gasteiger partial charge in [-0.05, 0) is 44.0 Å². The van der Waals surface area contributed by atoms with Crippen LogP contribution in [0.3, 0.4) is 0 Å². The monoisotopic (exact) mass is 411 g/mol. The lowest BCUT2D eigenvalue weighted by Gasteiger charge is -2.31. The maximum Gasteiger partial charge on any atom is 0.265 e. The third-order valence-electron chi connectivity index (χ3n) is 5.49. The van der Waals surface area contributed by atoms with Gasteiger partial charge in [0, 0.05) is 31.2 Å². The van der Waals surface area contributed by atoms with E-state index < -0.39 is 0 Å². The summed E-state index contributed by atoms with van der Waals surface area (Å²) in [6, 6.07) is 9.73. The number of aryl methyl sites for hydroxylation is 2. The van der Waals surface area contributed by atoms with Crippen LogP contribution in [0.15, 0.2) is 30.3 Å². The maximum atomic E-state index is 12.9. The summed E-state index contributed by atoms with van der Waals surface area (Å²) in [6.45, 7) is 4.22. The summed E-state index contributed by atoms with van der Waals surface area (Å²) < 4.78 is 1.81. The van der Waals surface area contributed by atoms with Gasteiger partial charge in [0.2, 0.25) is 5.91 Å². The molecule has 1 fully saturated rings. The molecule has 0 bridgehead atoms. The summed E-state index contributed by atoms with van der Waals surface area (Å²) in [5, 5.41) is 8.47. The van der Waals surface area contributed by atoms with Crippen molar-refractivity contribution in [1.82, 2.24) is 14.7 Å². The highest BCUT2D eigenvalue weighted by atomic mass is 32.1. The summed E-state index contributed by atoms with van der Waals surface area (Å²) in [5.74, 6) is -0.446. The standard InChI is InChI=1S/C21H25N5O2S/c1-13-16-10-18(29-21(16)25(2)24-13)20(28)23-17-8-4-3-6-14(17)11-26-9-5-7-15(12-26)19(22)27/h3-4,6,8,10,15H,5,7,9,11-12H2,1-2H3,(H2,22,27)(H,23,28). The van der Waals surface area contributed by atoms with Crippen LogP contribution < -0.4 is 11.1 Å². The molecule has 3 N–H and O–H groups in total. The lowest BCUT2D eigenvalue weighted by atomic mass is 9.97. The van der Waals surface area contributed by atoms with Gasteiger partial charge in [-0.1, -0.05) is 18.2 Å². The number of amides is 2. The van der Waals surface area contributed by atoms with E-state index in [0.29, 0.717) is 18.0 Å². The zero-order valence-electron chi connectivity index (χ0n) is 16.6. The Labute approximate surface area is 173 Å². The van der Waals surface area contributed by atoms with Crippen molar-refractivity contribution >= 4 is 39.1 Å². The average Bonchev–Trinajstić information content (AvgIpc) is 3.25. The van der Waals surface area contributed by atoms with Crippen LogP contribution in [0.5, 0.6) is 0 Å². The third kappa shape index (κ3) is 4.04. The third-order valence-corrected chi connectivity index (χ3v) is 6.69. The molecule has 1 aromatic carbocycles. The minimum atomic E-state index is -0.231. The highest BCUT2D eigenvalue weighted by Gasteiger charge is 2.24. The van der Waals surface area contributed by atoms with E-state index in [1.165, 1.54) is 11.3 Å². The number of rotatable bonds is 5. The zero-order valence-corrected chi connectivity index (χ0v) is 17.5. The van der Waals surface area contributed by atoms with Crippen molar-refractivity contribution in [1.29, 1.82) is 0 Å². The number of nitrogens with two attached hydrogens (primary N) is 1. The molecule has 0 spiro atoms. The second-order valence-corrected chi connectivity index (χ2v) is 8.66. The first-order valence-electron chi connectivity index (χ1n) is 9.76. The molecule has 0 radical (unpaired) electrons. The van der Waals surface area contributed by atoms with Crippen molar-refractivity contribution in [2.24, 2.45) is 18.7 Å². The fourth-order valence-electron chi connectivity index (χ4n) is 3.95. The second-order valence-electron chi connectivity index (χ2n) is 7.63. The number of hydrogen-bond donors (Lipinski definition) is 2. The smallest absolute Gasteiger partial charge is 0.265 e. The molecule has 3 heterocycles. The Bertz CT molecular complexity index is 1040. The predicted molar refractivity (Wildman–Crippen MR) is 115 cm³/mol. The summed E-state index contributed by atoms with van der Waals surface area (Å²) in [6.07, 6.45) is 1.81. The highest BCUT2D eigenvalue weighted by molar-refractivity contribution is 7.20. The molecule has 2 amide bonds. The van der Waals surface area contributed by atoms with E-state index in [4.69, 9.17) is 5.73 Å². The Morgan fingerprint density at radius 2 is 2.14 bits per heavy atom. The Balaban J connectivity index is 1.51. The number of hydrogen-bond acceptors (Lipinski definition) is 5. The van der Waals surface area contributed by atoms with E-state index in [0.717, 1.165) is 46.5 Å². The van der Waals surface area contributed by atoms with Crippen LogP contribution in [-0.4, -0.2) is 39.6 Å². The number of anilines is 1. The summed E-state index contributed by atoms with van der Waals surface area (Å²) in [7, 11) is 1.89. The number of aromatic nitrogens is 2. The maximum absolute atomic E-state index is 12.9. The molecule has 1 aliphatic heterocycles. The van der Waals surface area contributed by atoms with Gasteiger partial charge in [-0.2, -0.15) is 5.10 Å². The molecule has 1 atom stereocenters. The molecule has 1 aliphatic rings. The number of thiophene rings is 1. The van der Waals surface area contributed by atoms with E-state index in [9.17, 15) is 9.59 Å². The fourth-order valence-corrected chi connectivity index (χ4v) is 4.97. The van der Waals surface area contributed by atoms with Gasteiger partial charge in [-0.25, -0.2) is 0 Å². The van der Waals surface area contributed by atoms with Crippen LogP contribution in [-0.2, 0) is 18.4 Å². The number of carbonyl (C=O) groups excluding carboxylic acids is 2. The number of carbonyl (C=O) groups is 2. The number of fused-ring (bicyclic) bond motifs is 1. The predicted octanol–water partition coefficient (Wildman–Crippen LogP) is 2.89. The van der Waals surface area contributed by atoms with Gasteiger partial charge >= 0.3 is 0 Å². The molecule has 4 rings (SSSR count). The highest BCUT2D eigenvalue weighted by Crippen LogP contribution is 2.29. The molecule has 152 valence electrons. The van der Waals surface area contributed by atoms with Crippen molar-refractivity contribution < 1.29 is 9.59 Å². The van der Waals surface area contributed by atoms with Gasteiger partial charge in [-0.15, -0.1) is 11.3 Å². The van der Waals surface area contributed by atoms with Crippen LogP contribution in [0.2, 0.25) is 0 Å². The topological polar surface area (TPSA) is 93.2 Å². The van der Waals surface area contributed by atoms with E-state index in [1.807, 2.05) is 49.0 Å². The first-order chi connectivity index (χ1) is 13.9. The molecule has 7 nitrogen and oxygen atoms in total. The van der Waals surface area contributed by atoms with E-state index >= 15 is 0 Å². The quantitative estimate of drug-likeness (QED) is 0.675. The number of piperidine rings is 1. The molecular formula is C21H25N5O2S. The van der Waals surface area contributed by atoms with Crippen molar-refractivity contribution in [3.63, 3.8) is 0 Å². The molecule has 1 unspecified atom stereocenters. The minimum absolute atomic E-state index is 0.0964. The number of benzene rings is 1. The number of primary amides is 1. The average molecular weight is 412 g/mol. The van der Waals surface area contributed by atoms with Gasteiger partial charge in [-0.3, -0.25) is 19.2 Å². The van der Waals surface area contributed by atoms with Gasteiger partial charge in [0.15, 0.2) is 0 Å². The lowest BCUT2D eigenvalue weighted by molar-refractivity contribution is -0.123. The van der Waals surface area contributed by atoms with Crippen LogP contribution in [0, 0.1) is 12.8 Å². The number of para-hydroxylation sites is 1. The van der Waals surface area contributed by atoms with Gasteiger partial charge in [0.05, 0.1) is 16.5 Å². The van der Waals surface area contributed by atoms with Crippen molar-refractivity contribution in [3.05, 3.63) is 46.5 Å². The van der Waals surface area contributed by atoms with E-state index in [-0.39, 0.29) is 17.7 Å². The van der Waals surface area contributed by atoms with Crippen LogP contribution in [0.1, 0.15) is 33.8 Å². The Morgan fingerprint density at radius 3 is 2.90 bits per heavy atom.